The minimum Gasteiger partial charge on any atom is -0.369 e. The lowest BCUT2D eigenvalue weighted by Gasteiger charge is -2.36. The molecule has 0 radical (unpaired) electrons. The van der Waals surface area contributed by atoms with E-state index < -0.39 is 0 Å². The van der Waals surface area contributed by atoms with Gasteiger partial charge in [0.2, 0.25) is 0 Å². The zero-order valence-corrected chi connectivity index (χ0v) is 16.1. The summed E-state index contributed by atoms with van der Waals surface area (Å²) in [6, 6.07) is 13.5. The van der Waals surface area contributed by atoms with Gasteiger partial charge in [-0.15, -0.1) is 0 Å². The molecule has 1 aliphatic heterocycles. The molecule has 4 rings (SSSR count). The topological polar surface area (TPSA) is 70.5 Å². The molecule has 1 N–H and O–H groups in total. The Kier molecular flexibility index (Phi) is 5.26. The third-order valence-corrected chi connectivity index (χ3v) is 5.21. The average molecular weight is 395 g/mol. The van der Waals surface area contributed by atoms with Gasteiger partial charge in [-0.25, -0.2) is 9.07 Å². The Morgan fingerprint density at radius 3 is 2.34 bits per heavy atom. The number of nitrogens with one attached hydrogen (secondary N) is 1. The predicted octanol–water partition coefficient (Wildman–Crippen LogP) is 1.67. The van der Waals surface area contributed by atoms with Crippen LogP contribution in [0.1, 0.15) is 10.5 Å². The molecule has 1 aromatic heterocycles. The van der Waals surface area contributed by atoms with Crippen molar-refractivity contribution in [2.45, 2.75) is 6.67 Å². The van der Waals surface area contributed by atoms with Crippen molar-refractivity contribution in [2.75, 3.05) is 38.1 Å². The molecule has 0 spiro atoms. The number of rotatable bonds is 4. The van der Waals surface area contributed by atoms with Crippen molar-refractivity contribution >= 4 is 22.4 Å². The van der Waals surface area contributed by atoms with E-state index in [1.165, 1.54) is 16.8 Å². The van der Waals surface area contributed by atoms with Crippen LogP contribution >= 0.6 is 0 Å². The summed E-state index contributed by atoms with van der Waals surface area (Å²) in [5.41, 5.74) is 1.01. The third-order valence-electron chi connectivity index (χ3n) is 5.21. The number of amides is 1. The summed E-state index contributed by atoms with van der Waals surface area (Å²) in [7, 11) is 1.54. The fraction of sp³-hybridized carbons (Fsp3) is 0.286. The molecule has 8 heteroatoms. The summed E-state index contributed by atoms with van der Waals surface area (Å²) in [5, 5.41) is 7.96. The Hall–Kier alpha value is -3.26. The van der Waals surface area contributed by atoms with Crippen molar-refractivity contribution in [2.24, 2.45) is 0 Å². The first-order chi connectivity index (χ1) is 14.1. The van der Waals surface area contributed by atoms with E-state index in [2.05, 4.69) is 20.2 Å². The minimum absolute atomic E-state index is 0.214. The van der Waals surface area contributed by atoms with E-state index in [0.717, 1.165) is 31.9 Å². The van der Waals surface area contributed by atoms with Gasteiger partial charge in [0.15, 0.2) is 5.69 Å². The molecular formula is C21H22FN5O2. The number of carbonyl (C=O) groups excluding carboxylic acids is 1. The second kappa shape index (κ2) is 8.00. The maximum Gasteiger partial charge on any atom is 0.275 e. The highest BCUT2D eigenvalue weighted by Crippen LogP contribution is 2.17. The first-order valence-electron chi connectivity index (χ1n) is 9.51. The Morgan fingerprint density at radius 2 is 1.69 bits per heavy atom. The number of hydrogen-bond donors (Lipinski definition) is 1. The molecule has 29 heavy (non-hydrogen) atoms. The average Bonchev–Trinajstić information content (AvgIpc) is 2.76. The molecule has 0 aliphatic carbocycles. The normalized spacial score (nSPS) is 14.9. The van der Waals surface area contributed by atoms with Crippen molar-refractivity contribution in [1.29, 1.82) is 0 Å². The molecule has 2 heterocycles. The first-order valence-corrected chi connectivity index (χ1v) is 9.51. The maximum atomic E-state index is 13.1. The van der Waals surface area contributed by atoms with Gasteiger partial charge in [-0.3, -0.25) is 14.5 Å². The Morgan fingerprint density at radius 1 is 1.03 bits per heavy atom. The van der Waals surface area contributed by atoms with Crippen LogP contribution in [0.25, 0.3) is 10.8 Å². The Labute approximate surface area is 167 Å². The van der Waals surface area contributed by atoms with Crippen LogP contribution in [0.15, 0.2) is 53.3 Å². The number of hydrogen-bond acceptors (Lipinski definition) is 5. The van der Waals surface area contributed by atoms with Crippen molar-refractivity contribution < 1.29 is 9.18 Å². The summed E-state index contributed by atoms with van der Waals surface area (Å²) in [5.74, 6) is -0.572. The number of piperazine rings is 1. The zero-order valence-electron chi connectivity index (χ0n) is 16.1. The number of nitrogens with zero attached hydrogens (tertiary/aromatic N) is 4. The fourth-order valence-electron chi connectivity index (χ4n) is 3.61. The second-order valence-corrected chi connectivity index (χ2v) is 7.00. The molecule has 0 saturated carbocycles. The Balaban J connectivity index is 1.54. The molecule has 1 aliphatic rings. The van der Waals surface area contributed by atoms with E-state index in [1.807, 2.05) is 0 Å². The van der Waals surface area contributed by atoms with Crippen LogP contribution in [0.2, 0.25) is 0 Å². The molecule has 3 aromatic rings. The molecule has 0 atom stereocenters. The molecule has 150 valence electrons. The molecule has 1 saturated heterocycles. The van der Waals surface area contributed by atoms with E-state index in [0.29, 0.717) is 17.4 Å². The molecule has 7 nitrogen and oxygen atoms in total. The van der Waals surface area contributed by atoms with Crippen molar-refractivity contribution in [3.8, 4) is 0 Å². The van der Waals surface area contributed by atoms with Crippen molar-refractivity contribution in [1.82, 2.24) is 20.0 Å². The van der Waals surface area contributed by atoms with Crippen molar-refractivity contribution in [3.05, 3.63) is 70.4 Å². The molecular weight excluding hydrogens is 373 g/mol. The SMILES string of the molecule is CNC(=O)c1nn(CN2CCN(c3ccc(F)cc3)CC2)c(=O)c2ccccc12. The maximum absolute atomic E-state index is 13.1. The highest BCUT2D eigenvalue weighted by molar-refractivity contribution is 6.04. The summed E-state index contributed by atoms with van der Waals surface area (Å²) in [6.45, 7) is 3.29. The smallest absolute Gasteiger partial charge is 0.275 e. The number of fused-ring (bicyclic) bond motifs is 1. The number of benzene rings is 2. The molecule has 2 aromatic carbocycles. The number of halogens is 1. The van der Waals surface area contributed by atoms with Crippen LogP contribution in [0.5, 0.6) is 0 Å². The van der Waals surface area contributed by atoms with Crippen molar-refractivity contribution in [3.63, 3.8) is 0 Å². The van der Waals surface area contributed by atoms with Crippen LogP contribution in [-0.2, 0) is 6.67 Å². The lowest BCUT2D eigenvalue weighted by atomic mass is 10.1. The summed E-state index contributed by atoms with van der Waals surface area (Å²) in [6.07, 6.45) is 0. The van der Waals surface area contributed by atoms with Gasteiger partial charge in [0, 0.05) is 44.3 Å². The predicted molar refractivity (Wildman–Crippen MR) is 110 cm³/mol. The molecule has 1 amide bonds. The number of aromatic nitrogens is 2. The number of anilines is 1. The van der Waals surface area contributed by atoms with Gasteiger partial charge >= 0.3 is 0 Å². The standard InChI is InChI=1S/C21H22FN5O2/c1-23-20(28)19-17-4-2-3-5-18(17)21(29)27(24-19)14-25-10-12-26(13-11-25)16-8-6-15(22)7-9-16/h2-9H,10-14H2,1H3,(H,23,28). The van der Waals surface area contributed by atoms with Crippen LogP contribution in [0.3, 0.4) is 0 Å². The van der Waals surface area contributed by atoms with E-state index in [9.17, 15) is 14.0 Å². The van der Waals surface area contributed by atoms with Gasteiger partial charge in [-0.05, 0) is 30.3 Å². The van der Waals surface area contributed by atoms with Gasteiger partial charge in [-0.2, -0.15) is 5.10 Å². The third kappa shape index (κ3) is 3.84. The van der Waals surface area contributed by atoms with E-state index in [1.54, 1.807) is 43.4 Å². The summed E-state index contributed by atoms with van der Waals surface area (Å²) in [4.78, 5) is 29.5. The van der Waals surface area contributed by atoms with Crippen LogP contribution < -0.4 is 15.8 Å². The van der Waals surface area contributed by atoms with E-state index >= 15 is 0 Å². The van der Waals surface area contributed by atoms with Gasteiger partial charge in [0.1, 0.15) is 5.82 Å². The van der Waals surface area contributed by atoms with E-state index in [-0.39, 0.29) is 23.0 Å². The second-order valence-electron chi connectivity index (χ2n) is 7.00. The highest BCUT2D eigenvalue weighted by Gasteiger charge is 2.20. The summed E-state index contributed by atoms with van der Waals surface area (Å²) < 4.78 is 14.5. The zero-order chi connectivity index (χ0) is 20.4. The monoisotopic (exact) mass is 395 g/mol. The van der Waals surface area contributed by atoms with Gasteiger partial charge < -0.3 is 10.2 Å². The van der Waals surface area contributed by atoms with Gasteiger partial charge in [0.05, 0.1) is 12.1 Å². The molecule has 0 unspecified atom stereocenters. The minimum atomic E-state index is -0.323. The van der Waals surface area contributed by atoms with Crippen LogP contribution in [-0.4, -0.2) is 53.8 Å². The lowest BCUT2D eigenvalue weighted by Crippen LogP contribution is -2.48. The van der Waals surface area contributed by atoms with E-state index in [4.69, 9.17) is 0 Å². The molecule has 1 fully saturated rings. The largest absolute Gasteiger partial charge is 0.369 e. The summed E-state index contributed by atoms with van der Waals surface area (Å²) >= 11 is 0. The quantitative estimate of drug-likeness (QED) is 0.728. The van der Waals surface area contributed by atoms with Gasteiger partial charge in [-0.1, -0.05) is 18.2 Å². The molecule has 0 bridgehead atoms. The fourth-order valence-corrected chi connectivity index (χ4v) is 3.61. The van der Waals surface area contributed by atoms with Crippen LogP contribution in [0, 0.1) is 5.82 Å². The number of carbonyl (C=O) groups is 1. The Bertz CT molecular complexity index is 1090. The van der Waals surface area contributed by atoms with Gasteiger partial charge in [0.25, 0.3) is 11.5 Å². The van der Waals surface area contributed by atoms with Crippen LogP contribution in [0.4, 0.5) is 10.1 Å². The highest BCUT2D eigenvalue weighted by atomic mass is 19.1. The first kappa shape index (κ1) is 19.1. The lowest BCUT2D eigenvalue weighted by molar-refractivity contribution is 0.0955.